The number of hydrogen-bond donors (Lipinski definition) is 1. The second-order valence-corrected chi connectivity index (χ2v) is 5.07. The minimum Gasteiger partial charge on any atom is -0.381 e. The van der Waals surface area contributed by atoms with Gasteiger partial charge in [-0.25, -0.2) is 0 Å². The smallest absolute Gasteiger partial charge is 0.0494 e. The van der Waals surface area contributed by atoms with E-state index in [1.807, 2.05) is 0 Å². The van der Waals surface area contributed by atoms with Gasteiger partial charge >= 0.3 is 0 Å². The van der Waals surface area contributed by atoms with Crippen LogP contribution in [0.4, 0.5) is 0 Å². The molecule has 0 aliphatic carbocycles. The number of nitrogens with one attached hydrogen (secondary N) is 1. The van der Waals surface area contributed by atoms with E-state index in [0.29, 0.717) is 6.04 Å². The van der Waals surface area contributed by atoms with Crippen LogP contribution in [0.25, 0.3) is 0 Å². The zero-order valence-electron chi connectivity index (χ0n) is 10.6. The van der Waals surface area contributed by atoms with Crippen molar-refractivity contribution in [1.29, 1.82) is 0 Å². The molecule has 1 aliphatic heterocycles. The Balaban J connectivity index is 2.19. The van der Waals surface area contributed by atoms with Gasteiger partial charge in [0.2, 0.25) is 0 Å². The fourth-order valence-electron chi connectivity index (χ4n) is 2.38. The molecule has 0 amide bonds. The molecule has 2 heteroatoms. The topological polar surface area (TPSA) is 21.3 Å². The van der Waals surface area contributed by atoms with Crippen molar-refractivity contribution in [3.05, 3.63) is 0 Å². The van der Waals surface area contributed by atoms with E-state index >= 15 is 0 Å². The molecular formula is C13H27NO. The van der Waals surface area contributed by atoms with Crippen LogP contribution in [-0.4, -0.2) is 25.8 Å². The molecule has 90 valence electrons. The second kappa shape index (κ2) is 7.24. The van der Waals surface area contributed by atoms with Gasteiger partial charge in [0.15, 0.2) is 0 Å². The molecule has 2 atom stereocenters. The molecule has 1 saturated heterocycles. The van der Waals surface area contributed by atoms with Crippen LogP contribution in [0.2, 0.25) is 0 Å². The maximum atomic E-state index is 5.51. The lowest BCUT2D eigenvalue weighted by Crippen LogP contribution is -2.34. The average molecular weight is 213 g/mol. The first kappa shape index (κ1) is 13.0. The van der Waals surface area contributed by atoms with Crippen molar-refractivity contribution in [2.75, 3.05) is 19.8 Å². The lowest BCUT2D eigenvalue weighted by Gasteiger charge is -2.26. The Morgan fingerprint density at radius 1 is 1.40 bits per heavy atom. The summed E-state index contributed by atoms with van der Waals surface area (Å²) in [6.45, 7) is 9.88. The van der Waals surface area contributed by atoms with Crippen LogP contribution in [0, 0.1) is 11.8 Å². The van der Waals surface area contributed by atoms with E-state index in [9.17, 15) is 0 Å². The van der Waals surface area contributed by atoms with Gasteiger partial charge in [0, 0.05) is 19.3 Å². The van der Waals surface area contributed by atoms with Crippen LogP contribution in [-0.2, 0) is 4.74 Å². The summed E-state index contributed by atoms with van der Waals surface area (Å²) in [5.74, 6) is 1.56. The summed E-state index contributed by atoms with van der Waals surface area (Å²) in [5.41, 5.74) is 0. The molecule has 0 saturated carbocycles. The summed E-state index contributed by atoms with van der Waals surface area (Å²) < 4.78 is 5.51. The summed E-state index contributed by atoms with van der Waals surface area (Å²) in [6, 6.07) is 0.692. The monoisotopic (exact) mass is 213 g/mol. The highest BCUT2D eigenvalue weighted by molar-refractivity contribution is 4.73. The first-order valence-electron chi connectivity index (χ1n) is 6.55. The first-order chi connectivity index (χ1) is 7.24. The first-order valence-corrected chi connectivity index (χ1v) is 6.55. The standard InChI is InChI=1S/C13H27NO/c1-4-14-13(11(2)3)8-7-12-6-5-9-15-10-12/h11-14H,4-10H2,1-3H3. The van der Waals surface area contributed by atoms with E-state index in [1.165, 1.54) is 25.7 Å². The van der Waals surface area contributed by atoms with Crippen molar-refractivity contribution in [1.82, 2.24) is 5.32 Å². The van der Waals surface area contributed by atoms with E-state index in [1.54, 1.807) is 0 Å². The molecule has 2 nitrogen and oxygen atoms in total. The zero-order valence-corrected chi connectivity index (χ0v) is 10.6. The highest BCUT2D eigenvalue weighted by Gasteiger charge is 2.17. The normalized spacial score (nSPS) is 24.4. The molecule has 1 rings (SSSR count). The van der Waals surface area contributed by atoms with E-state index in [0.717, 1.165) is 31.6 Å². The summed E-state index contributed by atoms with van der Waals surface area (Å²) >= 11 is 0. The van der Waals surface area contributed by atoms with Crippen LogP contribution >= 0.6 is 0 Å². The molecular weight excluding hydrogens is 186 g/mol. The Morgan fingerprint density at radius 2 is 2.20 bits per heavy atom. The van der Waals surface area contributed by atoms with Crippen molar-refractivity contribution in [2.24, 2.45) is 11.8 Å². The predicted molar refractivity (Wildman–Crippen MR) is 65.1 cm³/mol. The van der Waals surface area contributed by atoms with Crippen molar-refractivity contribution < 1.29 is 4.74 Å². The third-order valence-corrected chi connectivity index (χ3v) is 3.41. The lowest BCUT2D eigenvalue weighted by atomic mass is 9.91. The molecule has 2 unspecified atom stereocenters. The van der Waals surface area contributed by atoms with Crippen molar-refractivity contribution in [2.45, 2.75) is 52.5 Å². The van der Waals surface area contributed by atoms with Gasteiger partial charge in [-0.05, 0) is 44.1 Å². The Hall–Kier alpha value is -0.0800. The Morgan fingerprint density at radius 3 is 2.73 bits per heavy atom. The van der Waals surface area contributed by atoms with E-state index in [4.69, 9.17) is 4.74 Å². The third-order valence-electron chi connectivity index (χ3n) is 3.41. The molecule has 0 bridgehead atoms. The second-order valence-electron chi connectivity index (χ2n) is 5.07. The van der Waals surface area contributed by atoms with E-state index in [2.05, 4.69) is 26.1 Å². The van der Waals surface area contributed by atoms with Crippen LogP contribution in [0.3, 0.4) is 0 Å². The Bertz CT molecular complexity index is 153. The van der Waals surface area contributed by atoms with Gasteiger partial charge in [-0.1, -0.05) is 20.8 Å². The average Bonchev–Trinajstić information content (AvgIpc) is 2.25. The highest BCUT2D eigenvalue weighted by Crippen LogP contribution is 2.21. The summed E-state index contributed by atoms with van der Waals surface area (Å²) in [5, 5.41) is 3.58. The molecule has 0 aromatic carbocycles. The molecule has 1 heterocycles. The number of hydrogen-bond acceptors (Lipinski definition) is 2. The van der Waals surface area contributed by atoms with Gasteiger partial charge < -0.3 is 10.1 Å². The molecule has 1 N–H and O–H groups in total. The van der Waals surface area contributed by atoms with E-state index in [-0.39, 0.29) is 0 Å². The van der Waals surface area contributed by atoms with Crippen molar-refractivity contribution in [3.8, 4) is 0 Å². The third kappa shape index (κ3) is 4.98. The Kier molecular flexibility index (Phi) is 6.26. The van der Waals surface area contributed by atoms with Gasteiger partial charge in [-0.15, -0.1) is 0 Å². The zero-order chi connectivity index (χ0) is 11.1. The van der Waals surface area contributed by atoms with Crippen LogP contribution in [0.5, 0.6) is 0 Å². The number of rotatable bonds is 6. The summed E-state index contributed by atoms with van der Waals surface area (Å²) in [7, 11) is 0. The fourth-order valence-corrected chi connectivity index (χ4v) is 2.38. The van der Waals surface area contributed by atoms with E-state index < -0.39 is 0 Å². The summed E-state index contributed by atoms with van der Waals surface area (Å²) in [6.07, 6.45) is 5.27. The van der Waals surface area contributed by atoms with Gasteiger partial charge in [0.1, 0.15) is 0 Å². The van der Waals surface area contributed by atoms with Gasteiger partial charge in [-0.3, -0.25) is 0 Å². The predicted octanol–water partition coefficient (Wildman–Crippen LogP) is 2.83. The van der Waals surface area contributed by atoms with Gasteiger partial charge in [0.05, 0.1) is 0 Å². The quantitative estimate of drug-likeness (QED) is 0.732. The number of ether oxygens (including phenoxy) is 1. The molecule has 0 spiro atoms. The summed E-state index contributed by atoms with van der Waals surface area (Å²) in [4.78, 5) is 0. The fraction of sp³-hybridized carbons (Fsp3) is 1.00. The largest absolute Gasteiger partial charge is 0.381 e. The maximum absolute atomic E-state index is 5.51. The Labute approximate surface area is 94.8 Å². The highest BCUT2D eigenvalue weighted by atomic mass is 16.5. The maximum Gasteiger partial charge on any atom is 0.0494 e. The molecule has 15 heavy (non-hydrogen) atoms. The van der Waals surface area contributed by atoms with Crippen LogP contribution < -0.4 is 5.32 Å². The molecule has 1 fully saturated rings. The van der Waals surface area contributed by atoms with Crippen molar-refractivity contribution >= 4 is 0 Å². The molecule has 0 radical (unpaired) electrons. The molecule has 1 aliphatic rings. The molecule has 0 aromatic heterocycles. The van der Waals surface area contributed by atoms with Gasteiger partial charge in [0.25, 0.3) is 0 Å². The SMILES string of the molecule is CCNC(CCC1CCCOC1)C(C)C. The van der Waals surface area contributed by atoms with Crippen LogP contribution in [0.15, 0.2) is 0 Å². The van der Waals surface area contributed by atoms with Crippen molar-refractivity contribution in [3.63, 3.8) is 0 Å². The van der Waals surface area contributed by atoms with Gasteiger partial charge in [-0.2, -0.15) is 0 Å². The van der Waals surface area contributed by atoms with Crippen LogP contribution in [0.1, 0.15) is 46.5 Å². The minimum absolute atomic E-state index is 0.692. The lowest BCUT2D eigenvalue weighted by molar-refractivity contribution is 0.0492. The minimum atomic E-state index is 0.692. The molecule has 0 aromatic rings.